The Morgan fingerprint density at radius 1 is 1.17 bits per heavy atom. The molecule has 0 radical (unpaired) electrons. The quantitative estimate of drug-likeness (QED) is 0.871. The Kier molecular flexibility index (Phi) is 3.62. The van der Waals surface area contributed by atoms with Gasteiger partial charge in [-0.15, -0.1) is 0 Å². The van der Waals surface area contributed by atoms with E-state index in [0.29, 0.717) is 17.3 Å². The SMILES string of the molecule is CC1(C)CC2CC(C)(CN2C(=O)c2ccc(NC(=O)O)cc2)C1. The second kappa shape index (κ2) is 5.25. The summed E-state index contributed by atoms with van der Waals surface area (Å²) in [4.78, 5) is 25.5. The number of carbonyl (C=O) groups is 2. The number of hydrogen-bond donors (Lipinski definition) is 2. The molecule has 2 fully saturated rings. The largest absolute Gasteiger partial charge is 0.465 e. The first-order valence-electron chi connectivity index (χ1n) is 8.09. The van der Waals surface area contributed by atoms with Crippen molar-refractivity contribution in [1.29, 1.82) is 0 Å². The third-order valence-corrected chi connectivity index (χ3v) is 5.06. The summed E-state index contributed by atoms with van der Waals surface area (Å²) < 4.78 is 0. The number of benzene rings is 1. The number of amides is 2. The van der Waals surface area contributed by atoms with Crippen molar-refractivity contribution < 1.29 is 14.7 Å². The van der Waals surface area contributed by atoms with Crippen LogP contribution in [0.15, 0.2) is 24.3 Å². The van der Waals surface area contributed by atoms with Crippen LogP contribution in [0, 0.1) is 10.8 Å². The number of carbonyl (C=O) groups excluding carboxylic acids is 1. The molecule has 2 unspecified atom stereocenters. The molecule has 1 aliphatic heterocycles. The molecule has 2 bridgehead atoms. The van der Waals surface area contributed by atoms with E-state index in [2.05, 4.69) is 26.1 Å². The van der Waals surface area contributed by atoms with Gasteiger partial charge >= 0.3 is 6.09 Å². The Morgan fingerprint density at radius 2 is 1.83 bits per heavy atom. The molecule has 1 aliphatic carbocycles. The first-order valence-corrected chi connectivity index (χ1v) is 8.09. The fraction of sp³-hybridized carbons (Fsp3) is 0.556. The van der Waals surface area contributed by atoms with Crippen molar-refractivity contribution in [1.82, 2.24) is 4.90 Å². The van der Waals surface area contributed by atoms with Crippen LogP contribution in [0.5, 0.6) is 0 Å². The van der Waals surface area contributed by atoms with Crippen LogP contribution in [0.25, 0.3) is 0 Å². The lowest BCUT2D eigenvalue weighted by molar-refractivity contribution is 0.0708. The second-order valence-electron chi connectivity index (χ2n) is 8.15. The Hall–Kier alpha value is -2.04. The van der Waals surface area contributed by atoms with E-state index < -0.39 is 6.09 Å². The standard InChI is InChI=1S/C18H24N2O3/c1-17(2)8-14-9-18(3,10-17)11-20(14)15(21)12-4-6-13(7-5-12)19-16(22)23/h4-7,14,19H,8-11H2,1-3H3,(H,22,23). The highest BCUT2D eigenvalue weighted by Gasteiger charge is 2.50. The van der Waals surface area contributed by atoms with E-state index in [4.69, 9.17) is 5.11 Å². The maximum atomic E-state index is 12.9. The minimum Gasteiger partial charge on any atom is -0.465 e. The number of nitrogens with zero attached hydrogens (tertiary/aromatic N) is 1. The van der Waals surface area contributed by atoms with E-state index in [1.807, 2.05) is 4.90 Å². The Balaban J connectivity index is 1.77. The van der Waals surface area contributed by atoms with E-state index in [-0.39, 0.29) is 16.7 Å². The maximum absolute atomic E-state index is 12.9. The van der Waals surface area contributed by atoms with Crippen LogP contribution < -0.4 is 5.32 Å². The summed E-state index contributed by atoms with van der Waals surface area (Å²) in [5, 5.41) is 11.0. The molecular formula is C18H24N2O3. The van der Waals surface area contributed by atoms with Gasteiger partial charge < -0.3 is 10.0 Å². The van der Waals surface area contributed by atoms with Crippen LogP contribution in [-0.4, -0.2) is 34.6 Å². The summed E-state index contributed by atoms with van der Waals surface area (Å²) in [7, 11) is 0. The van der Waals surface area contributed by atoms with Crippen LogP contribution >= 0.6 is 0 Å². The number of likely N-dealkylation sites (tertiary alicyclic amines) is 1. The lowest BCUT2D eigenvalue weighted by atomic mass is 9.65. The Bertz CT molecular complexity index is 638. The van der Waals surface area contributed by atoms with Crippen molar-refractivity contribution in [2.24, 2.45) is 10.8 Å². The number of nitrogens with one attached hydrogen (secondary N) is 1. The van der Waals surface area contributed by atoms with Gasteiger partial charge in [0.05, 0.1) is 0 Å². The molecule has 1 aromatic carbocycles. The molecule has 2 aliphatic rings. The summed E-state index contributed by atoms with van der Waals surface area (Å²) in [6.45, 7) is 7.68. The molecule has 23 heavy (non-hydrogen) atoms. The number of anilines is 1. The summed E-state index contributed by atoms with van der Waals surface area (Å²) in [6.07, 6.45) is 2.18. The molecule has 0 aromatic heterocycles. The average Bonchev–Trinajstić information content (AvgIpc) is 2.67. The highest BCUT2D eigenvalue weighted by atomic mass is 16.4. The van der Waals surface area contributed by atoms with Crippen molar-refractivity contribution in [2.75, 3.05) is 11.9 Å². The number of rotatable bonds is 2. The summed E-state index contributed by atoms with van der Waals surface area (Å²) >= 11 is 0. The Morgan fingerprint density at radius 3 is 2.43 bits per heavy atom. The fourth-order valence-corrected chi connectivity index (χ4v) is 4.68. The molecule has 124 valence electrons. The van der Waals surface area contributed by atoms with Gasteiger partial charge in [0.25, 0.3) is 5.91 Å². The molecule has 1 saturated carbocycles. The smallest absolute Gasteiger partial charge is 0.409 e. The lowest BCUT2D eigenvalue weighted by Gasteiger charge is -2.39. The molecule has 3 rings (SSSR count). The zero-order chi connectivity index (χ0) is 16.8. The van der Waals surface area contributed by atoms with E-state index in [9.17, 15) is 9.59 Å². The van der Waals surface area contributed by atoms with Crippen LogP contribution in [0.2, 0.25) is 0 Å². The molecule has 2 atom stereocenters. The zero-order valence-electron chi connectivity index (χ0n) is 13.9. The first kappa shape index (κ1) is 15.8. The van der Waals surface area contributed by atoms with Gasteiger partial charge in [0.2, 0.25) is 0 Å². The normalized spacial score (nSPS) is 28.5. The van der Waals surface area contributed by atoms with Crippen molar-refractivity contribution in [3.8, 4) is 0 Å². The van der Waals surface area contributed by atoms with Gasteiger partial charge in [0.15, 0.2) is 0 Å². The van der Waals surface area contributed by atoms with Gasteiger partial charge in [-0.05, 0) is 54.4 Å². The minimum absolute atomic E-state index is 0.0540. The highest BCUT2D eigenvalue weighted by Crippen LogP contribution is 2.52. The minimum atomic E-state index is -1.10. The van der Waals surface area contributed by atoms with E-state index in [1.165, 1.54) is 0 Å². The summed E-state index contributed by atoms with van der Waals surface area (Å²) in [5.41, 5.74) is 1.59. The Labute approximate surface area is 136 Å². The van der Waals surface area contributed by atoms with Gasteiger partial charge in [-0.2, -0.15) is 0 Å². The molecule has 1 aromatic rings. The number of carboxylic acid groups (broad SMARTS) is 1. The molecule has 1 saturated heterocycles. The number of fused-ring (bicyclic) bond motifs is 2. The van der Waals surface area contributed by atoms with Crippen LogP contribution in [0.3, 0.4) is 0 Å². The van der Waals surface area contributed by atoms with Crippen LogP contribution in [-0.2, 0) is 0 Å². The van der Waals surface area contributed by atoms with Gasteiger partial charge in [-0.3, -0.25) is 10.1 Å². The molecule has 5 heteroatoms. The number of hydrogen-bond acceptors (Lipinski definition) is 2. The highest BCUT2D eigenvalue weighted by molar-refractivity contribution is 5.95. The fourth-order valence-electron chi connectivity index (χ4n) is 4.68. The van der Waals surface area contributed by atoms with Crippen molar-refractivity contribution >= 4 is 17.7 Å². The average molecular weight is 316 g/mol. The van der Waals surface area contributed by atoms with Crippen LogP contribution in [0.1, 0.15) is 50.4 Å². The van der Waals surface area contributed by atoms with Gasteiger partial charge in [0.1, 0.15) is 0 Å². The molecule has 2 amide bonds. The first-order chi connectivity index (χ1) is 10.7. The zero-order valence-corrected chi connectivity index (χ0v) is 13.9. The maximum Gasteiger partial charge on any atom is 0.409 e. The second-order valence-corrected chi connectivity index (χ2v) is 8.15. The summed E-state index contributed by atoms with van der Waals surface area (Å²) in [6, 6.07) is 6.98. The third-order valence-electron chi connectivity index (χ3n) is 5.06. The van der Waals surface area contributed by atoms with Gasteiger partial charge in [0, 0.05) is 23.8 Å². The molecule has 5 nitrogen and oxygen atoms in total. The van der Waals surface area contributed by atoms with Crippen molar-refractivity contribution in [3.05, 3.63) is 29.8 Å². The molecule has 2 N–H and O–H groups in total. The monoisotopic (exact) mass is 316 g/mol. The van der Waals surface area contributed by atoms with Crippen molar-refractivity contribution in [3.63, 3.8) is 0 Å². The van der Waals surface area contributed by atoms with Gasteiger partial charge in [-0.25, -0.2) is 4.79 Å². The lowest BCUT2D eigenvalue weighted by Crippen LogP contribution is -2.37. The summed E-state index contributed by atoms with van der Waals surface area (Å²) in [5.74, 6) is 0.0540. The third kappa shape index (κ3) is 3.19. The van der Waals surface area contributed by atoms with E-state index in [0.717, 1.165) is 25.8 Å². The predicted octanol–water partition coefficient (Wildman–Crippen LogP) is 3.82. The topological polar surface area (TPSA) is 69.6 Å². The molecule has 0 spiro atoms. The van der Waals surface area contributed by atoms with Gasteiger partial charge in [-0.1, -0.05) is 20.8 Å². The molecular weight excluding hydrogens is 292 g/mol. The molecule has 1 heterocycles. The van der Waals surface area contributed by atoms with Crippen LogP contribution in [0.4, 0.5) is 10.5 Å². The van der Waals surface area contributed by atoms with E-state index >= 15 is 0 Å². The van der Waals surface area contributed by atoms with Crippen molar-refractivity contribution in [2.45, 2.75) is 46.1 Å². The predicted molar refractivity (Wildman–Crippen MR) is 88.7 cm³/mol. The van der Waals surface area contributed by atoms with E-state index in [1.54, 1.807) is 24.3 Å².